The Hall–Kier alpha value is -2.99. The zero-order chi connectivity index (χ0) is 20.9. The third kappa shape index (κ3) is 4.44. The molecule has 7 heteroatoms. The van der Waals surface area contributed by atoms with Crippen molar-refractivity contribution in [3.05, 3.63) is 65.6 Å². The highest BCUT2D eigenvalue weighted by Gasteiger charge is 2.23. The van der Waals surface area contributed by atoms with Crippen LogP contribution in [0.2, 0.25) is 5.02 Å². The summed E-state index contributed by atoms with van der Waals surface area (Å²) in [5.41, 5.74) is 1.87. The van der Waals surface area contributed by atoms with Crippen LogP contribution in [0.15, 0.2) is 59.1 Å². The molecule has 156 valence electrons. The van der Waals surface area contributed by atoms with Crippen molar-refractivity contribution in [1.29, 1.82) is 0 Å². The number of ether oxygens (including phenoxy) is 1. The van der Waals surface area contributed by atoms with E-state index in [2.05, 4.69) is 16.0 Å². The van der Waals surface area contributed by atoms with Crippen molar-refractivity contribution < 1.29 is 13.9 Å². The molecule has 0 saturated carbocycles. The SMILES string of the molecule is COc1ccccc1N1CCN(C(=O)CCc2ncc(-c3ccccc3Cl)o2)CC1. The lowest BCUT2D eigenvalue weighted by Gasteiger charge is -2.36. The molecule has 1 aliphatic rings. The maximum absolute atomic E-state index is 12.7. The number of para-hydroxylation sites is 2. The van der Waals surface area contributed by atoms with Crippen LogP contribution in [0.5, 0.6) is 5.75 Å². The first kappa shape index (κ1) is 20.3. The monoisotopic (exact) mass is 425 g/mol. The summed E-state index contributed by atoms with van der Waals surface area (Å²) in [5, 5.41) is 0.615. The number of anilines is 1. The number of methoxy groups -OCH3 is 1. The number of carbonyl (C=O) groups excluding carboxylic acids is 1. The van der Waals surface area contributed by atoms with Crippen molar-refractivity contribution in [1.82, 2.24) is 9.88 Å². The fraction of sp³-hybridized carbons (Fsp3) is 0.304. The Kier molecular flexibility index (Phi) is 6.23. The molecule has 0 N–H and O–H groups in total. The Labute approximate surface area is 181 Å². The number of aryl methyl sites for hydroxylation is 1. The van der Waals surface area contributed by atoms with Crippen molar-refractivity contribution in [2.45, 2.75) is 12.8 Å². The van der Waals surface area contributed by atoms with Gasteiger partial charge in [-0.2, -0.15) is 0 Å². The van der Waals surface area contributed by atoms with Gasteiger partial charge >= 0.3 is 0 Å². The molecule has 0 bridgehead atoms. The zero-order valence-electron chi connectivity index (χ0n) is 16.9. The minimum atomic E-state index is 0.118. The van der Waals surface area contributed by atoms with Crippen LogP contribution in [-0.4, -0.2) is 49.1 Å². The number of aromatic nitrogens is 1. The van der Waals surface area contributed by atoms with E-state index < -0.39 is 0 Å². The smallest absolute Gasteiger partial charge is 0.223 e. The van der Waals surface area contributed by atoms with Crippen molar-refractivity contribution >= 4 is 23.2 Å². The zero-order valence-corrected chi connectivity index (χ0v) is 17.6. The molecule has 6 nitrogen and oxygen atoms in total. The summed E-state index contributed by atoms with van der Waals surface area (Å²) in [6, 6.07) is 15.4. The number of benzene rings is 2. The molecule has 30 heavy (non-hydrogen) atoms. The molecule has 1 aromatic heterocycles. The highest BCUT2D eigenvalue weighted by atomic mass is 35.5. The van der Waals surface area contributed by atoms with Gasteiger partial charge in [-0.05, 0) is 24.3 Å². The molecule has 1 saturated heterocycles. The molecule has 0 atom stereocenters. The molecule has 0 radical (unpaired) electrons. The van der Waals surface area contributed by atoms with Crippen molar-refractivity contribution in [3.63, 3.8) is 0 Å². The van der Waals surface area contributed by atoms with Gasteiger partial charge in [0.15, 0.2) is 11.7 Å². The van der Waals surface area contributed by atoms with E-state index in [0.29, 0.717) is 42.6 Å². The van der Waals surface area contributed by atoms with Crippen LogP contribution in [-0.2, 0) is 11.2 Å². The molecule has 2 aromatic carbocycles. The van der Waals surface area contributed by atoms with E-state index in [9.17, 15) is 4.79 Å². The summed E-state index contributed by atoms with van der Waals surface area (Å²) in [4.78, 5) is 21.1. The molecule has 1 fully saturated rings. The van der Waals surface area contributed by atoms with Gasteiger partial charge in [-0.3, -0.25) is 4.79 Å². The Morgan fingerprint density at radius 2 is 1.83 bits per heavy atom. The van der Waals surface area contributed by atoms with Crippen molar-refractivity contribution in [2.75, 3.05) is 38.2 Å². The average Bonchev–Trinajstić information content (AvgIpc) is 3.26. The maximum atomic E-state index is 12.7. The van der Waals surface area contributed by atoms with Crippen LogP contribution in [0.4, 0.5) is 5.69 Å². The maximum Gasteiger partial charge on any atom is 0.223 e. The van der Waals surface area contributed by atoms with Crippen LogP contribution in [0.25, 0.3) is 11.3 Å². The lowest BCUT2D eigenvalue weighted by atomic mass is 10.2. The lowest BCUT2D eigenvalue weighted by molar-refractivity contribution is -0.131. The van der Waals surface area contributed by atoms with Gasteiger partial charge in [0.2, 0.25) is 5.91 Å². The van der Waals surface area contributed by atoms with E-state index >= 15 is 0 Å². The predicted molar refractivity (Wildman–Crippen MR) is 117 cm³/mol. The van der Waals surface area contributed by atoms with E-state index in [0.717, 1.165) is 30.1 Å². The number of amides is 1. The molecule has 1 aliphatic heterocycles. The normalized spacial score (nSPS) is 14.1. The summed E-state index contributed by atoms with van der Waals surface area (Å²) >= 11 is 6.21. The van der Waals surface area contributed by atoms with Gasteiger partial charge in [0.1, 0.15) is 5.75 Å². The van der Waals surface area contributed by atoms with Gasteiger partial charge in [-0.1, -0.05) is 35.9 Å². The third-order valence-corrected chi connectivity index (χ3v) is 5.63. The Morgan fingerprint density at radius 3 is 2.60 bits per heavy atom. The van der Waals surface area contributed by atoms with Crippen LogP contribution in [0.1, 0.15) is 12.3 Å². The van der Waals surface area contributed by atoms with Crippen LogP contribution in [0.3, 0.4) is 0 Å². The standard InChI is InChI=1S/C23H24ClN3O3/c1-29-20-9-5-4-8-19(20)26-12-14-27(15-13-26)23(28)11-10-22-25-16-21(30-22)17-6-2-3-7-18(17)24/h2-9,16H,10-15H2,1H3. The number of halogens is 1. The van der Waals surface area contributed by atoms with Gasteiger partial charge in [0.25, 0.3) is 0 Å². The number of piperazine rings is 1. The first-order chi connectivity index (χ1) is 14.7. The van der Waals surface area contributed by atoms with Crippen molar-refractivity contribution in [2.24, 2.45) is 0 Å². The minimum Gasteiger partial charge on any atom is -0.495 e. The molecule has 1 amide bonds. The number of carbonyl (C=O) groups is 1. The predicted octanol–water partition coefficient (Wildman–Crippen LogP) is 4.29. The molecular weight excluding hydrogens is 402 g/mol. The molecule has 4 rings (SSSR count). The summed E-state index contributed by atoms with van der Waals surface area (Å²) in [5.74, 6) is 2.14. The van der Waals surface area contributed by atoms with E-state index in [1.807, 2.05) is 47.4 Å². The molecule has 3 aromatic rings. The van der Waals surface area contributed by atoms with Crippen LogP contribution >= 0.6 is 11.6 Å². The first-order valence-corrected chi connectivity index (χ1v) is 10.4. The van der Waals surface area contributed by atoms with Crippen LogP contribution < -0.4 is 9.64 Å². The second-order valence-electron chi connectivity index (χ2n) is 7.14. The van der Waals surface area contributed by atoms with Gasteiger partial charge < -0.3 is 19.0 Å². The Bertz CT molecular complexity index is 1010. The minimum absolute atomic E-state index is 0.118. The third-order valence-electron chi connectivity index (χ3n) is 5.30. The largest absolute Gasteiger partial charge is 0.495 e. The summed E-state index contributed by atoms with van der Waals surface area (Å²) in [7, 11) is 1.68. The highest BCUT2D eigenvalue weighted by molar-refractivity contribution is 6.33. The van der Waals surface area contributed by atoms with E-state index in [-0.39, 0.29) is 5.91 Å². The second kappa shape index (κ2) is 9.22. The number of rotatable bonds is 6. The van der Waals surface area contributed by atoms with Gasteiger partial charge in [0, 0.05) is 44.6 Å². The second-order valence-corrected chi connectivity index (χ2v) is 7.54. The molecule has 2 heterocycles. The number of oxazole rings is 1. The number of hydrogen-bond donors (Lipinski definition) is 0. The van der Waals surface area contributed by atoms with E-state index in [4.69, 9.17) is 20.8 Å². The molecular formula is C23H24ClN3O3. The highest BCUT2D eigenvalue weighted by Crippen LogP contribution is 2.29. The quantitative estimate of drug-likeness (QED) is 0.589. The van der Waals surface area contributed by atoms with Gasteiger partial charge in [-0.25, -0.2) is 4.98 Å². The number of nitrogens with zero attached hydrogens (tertiary/aromatic N) is 3. The first-order valence-electron chi connectivity index (χ1n) is 10.0. The average molecular weight is 426 g/mol. The van der Waals surface area contributed by atoms with E-state index in [1.54, 1.807) is 13.3 Å². The molecule has 0 spiro atoms. The van der Waals surface area contributed by atoms with Gasteiger partial charge in [0.05, 0.1) is 24.0 Å². The van der Waals surface area contributed by atoms with Crippen molar-refractivity contribution in [3.8, 4) is 17.1 Å². The van der Waals surface area contributed by atoms with E-state index in [1.165, 1.54) is 0 Å². The number of hydrogen-bond acceptors (Lipinski definition) is 5. The van der Waals surface area contributed by atoms with Gasteiger partial charge in [-0.15, -0.1) is 0 Å². The topological polar surface area (TPSA) is 58.8 Å². The summed E-state index contributed by atoms with van der Waals surface area (Å²) in [6.07, 6.45) is 2.50. The van der Waals surface area contributed by atoms with Crippen LogP contribution in [0, 0.1) is 0 Å². The molecule has 0 unspecified atom stereocenters. The fourth-order valence-corrected chi connectivity index (χ4v) is 3.90. The lowest BCUT2D eigenvalue weighted by Crippen LogP contribution is -2.48. The Morgan fingerprint density at radius 1 is 1.10 bits per heavy atom. The summed E-state index contributed by atoms with van der Waals surface area (Å²) in [6.45, 7) is 2.93. The molecule has 0 aliphatic carbocycles. The fourth-order valence-electron chi connectivity index (χ4n) is 3.67. The Balaban J connectivity index is 1.30. The summed E-state index contributed by atoms with van der Waals surface area (Å²) < 4.78 is 11.3.